The van der Waals surface area contributed by atoms with Crippen LogP contribution in [-0.4, -0.2) is 174 Å². The first-order chi connectivity index (χ1) is 62.6. The minimum atomic E-state index is -0.852. The zero-order valence-electron chi connectivity index (χ0n) is 85.2. The van der Waals surface area contributed by atoms with Crippen molar-refractivity contribution in [2.24, 2.45) is 64.9 Å². The van der Waals surface area contributed by atoms with E-state index in [0.717, 1.165) is 107 Å². The van der Waals surface area contributed by atoms with Crippen molar-refractivity contribution in [1.29, 1.82) is 0 Å². The number of ether oxygens (including phenoxy) is 9. The van der Waals surface area contributed by atoms with E-state index in [1.807, 2.05) is 79.9 Å². The predicted molar refractivity (Wildman–Crippen MR) is 531 cm³/mol. The maximum atomic E-state index is 12.5. The van der Waals surface area contributed by atoms with Gasteiger partial charge in [0.05, 0.1) is 68.9 Å². The average molecular weight is 1860 g/mol. The Morgan fingerprint density at radius 1 is 0.348 bits per heavy atom. The number of halogens is 1. The standard InChI is InChI=1S/C25H38O5.C25H34O4.C24H37FO4.C19H31NO4.C16H26O3S/c1-16(12-9-13-18(3)20(5)26)10-8-11-17(2)14-15-21-19(4)22(27)24(29-6)25(30-7)23(21)28;1-17(10-9-11-18(2)16-20-12-7-6-8-13-20)14-15-21-19(3)22(26)24(28-4)25(29-5)23(21)27;1-16(10-8-12-18(3)15-25)9-7-11-17(2)13-14-20-19(4)21(26)23(28-5)24(29-6)22(20)27;1-12(7-6-8-13(2)11-20)9-10-15-14(3)16(21)18(23-4)19(24-5)17(15)22;1-6-7-10(2)8-9-12-11(3)13(17)16(20-5)15(19-4)14(12)18/h10,13-14,19,21,23,28H,8-9,11-12,15H2,1-7H3;6-8,11-14,19,21,23,27H,9-10,15-16H2,1-5H3;9,12-13,19-20,22,27H,7-8,10-11,14-15H2,1-6H3;8-9,14-15,17,22H,6-7,10-11,20H2,1-5H3;8,11-12,14,18H,6-7,9H2,1-5H3/b16-10+,17-14+,18-13+;17-14+,18-11+;16-9+,17-13+,18-12+;12-9+,13-8+;10-8+. The maximum absolute atomic E-state index is 12.5. The van der Waals surface area contributed by atoms with Crippen LogP contribution < -0.4 is 5.73 Å². The Morgan fingerprint density at radius 3 is 0.856 bits per heavy atom. The number of methoxy groups -OCH3 is 9. The number of hydrogen-bond acceptors (Lipinski definition) is 22. The topological polar surface area (TPSA) is 313 Å². The Balaban J connectivity index is 0.000000562. The van der Waals surface area contributed by atoms with E-state index < -0.39 is 30.5 Å². The number of aliphatic hydroxyl groups excluding tert-OH is 5. The monoisotopic (exact) mass is 1860 g/mol. The van der Waals surface area contributed by atoms with Crippen LogP contribution in [0.25, 0.3) is 0 Å². The SMILES string of the molecule is CCC/C(C)=C/CC1C(C)C(=O)C(SC)=C(OC)C1O.COC1=C(OC)C(O)C(C/C=C(\C)CC/C=C(\C)CC/C=C(\C)C(C)=O)C(C)C1=O.COC1=C(OC)C(O)C(C/C=C(\C)CC/C=C(\C)CC/C=C(\C)CF)C(C)C1=O.COC1=C(OC)C(O)C(C/C=C(\C)CC/C=C(\C)CN)C(C)C1=O.COC1=C(OC)C(O)C(C/C=C(\C)CC/C=C(\C)Cc2ccccc2)C(C)C1=O. The van der Waals surface area contributed by atoms with Gasteiger partial charge in [-0.2, -0.15) is 0 Å². The molecule has 6 rings (SSSR count). The van der Waals surface area contributed by atoms with Gasteiger partial charge in [-0.05, 0) is 228 Å². The fraction of sp³-hybridized carbons (Fsp3) is 0.596. The molecule has 0 heterocycles. The third kappa shape index (κ3) is 37.9. The molecule has 7 N–H and O–H groups in total. The first-order valence-corrected chi connectivity index (χ1v) is 48.1. The second kappa shape index (κ2) is 63.5. The van der Waals surface area contributed by atoms with Gasteiger partial charge in [-0.3, -0.25) is 28.8 Å². The molecule has 0 spiro atoms. The minimum absolute atomic E-state index is 0.0891. The molecule has 132 heavy (non-hydrogen) atoms. The van der Waals surface area contributed by atoms with Crippen LogP contribution >= 0.6 is 11.8 Å². The lowest BCUT2D eigenvalue weighted by Crippen LogP contribution is -2.40. The Bertz CT molecular complexity index is 4400. The number of carbonyl (C=O) groups excluding carboxylic acids is 6. The molecule has 1 aromatic carbocycles. The van der Waals surface area contributed by atoms with Gasteiger partial charge in [-0.1, -0.05) is 195 Å². The molecular formula is C109H166FNO20S. The van der Waals surface area contributed by atoms with Crippen molar-refractivity contribution in [2.75, 3.05) is 83.5 Å². The van der Waals surface area contributed by atoms with Crippen molar-refractivity contribution in [2.45, 2.75) is 284 Å². The van der Waals surface area contributed by atoms with E-state index in [9.17, 15) is 58.7 Å². The summed E-state index contributed by atoms with van der Waals surface area (Å²) in [5.74, 6) is -0.759. The molecule has 0 radical (unpaired) electrons. The lowest BCUT2D eigenvalue weighted by atomic mass is 9.77. The third-order valence-corrected chi connectivity index (χ3v) is 26.7. The molecule has 0 bridgehead atoms. The summed E-state index contributed by atoms with van der Waals surface area (Å²) >= 11 is 1.36. The minimum Gasteiger partial charge on any atom is -0.497 e. The molecule has 5 aliphatic carbocycles. The zero-order chi connectivity index (χ0) is 99.8. The van der Waals surface area contributed by atoms with Gasteiger partial charge in [0.15, 0.2) is 34.6 Å². The van der Waals surface area contributed by atoms with Gasteiger partial charge in [0, 0.05) is 65.7 Å². The fourth-order valence-electron chi connectivity index (χ4n) is 16.7. The molecule has 740 valence electrons. The largest absolute Gasteiger partial charge is 0.497 e. The highest BCUT2D eigenvalue weighted by Crippen LogP contribution is 2.42. The molecule has 23 heteroatoms. The van der Waals surface area contributed by atoms with Crippen LogP contribution in [-0.2, 0) is 77.8 Å². The van der Waals surface area contributed by atoms with Crippen LogP contribution in [0.4, 0.5) is 4.39 Å². The summed E-state index contributed by atoms with van der Waals surface area (Å²) in [6.45, 7) is 35.7. The molecule has 0 saturated carbocycles. The molecule has 21 nitrogen and oxygen atoms in total. The molecular weight excluding hydrogens is 1690 g/mol. The van der Waals surface area contributed by atoms with E-state index in [-0.39, 0.29) is 147 Å². The van der Waals surface area contributed by atoms with Gasteiger partial charge in [0.2, 0.25) is 46.2 Å². The number of allylic oxidation sites excluding steroid dienone is 26. The summed E-state index contributed by atoms with van der Waals surface area (Å²) in [6.07, 6.45) is 38.9. The van der Waals surface area contributed by atoms with Crippen LogP contribution in [0.3, 0.4) is 0 Å². The normalized spacial score (nSPS) is 24.8. The fourth-order valence-corrected chi connectivity index (χ4v) is 17.5. The molecule has 0 saturated heterocycles. The molecule has 5 aliphatic rings. The smallest absolute Gasteiger partial charge is 0.204 e. The number of alkyl halides is 1. The summed E-state index contributed by atoms with van der Waals surface area (Å²) < 4.78 is 59.2. The van der Waals surface area contributed by atoms with Crippen LogP contribution in [0.2, 0.25) is 0 Å². The first kappa shape index (κ1) is 119. The molecule has 15 atom stereocenters. The molecule has 0 aliphatic heterocycles. The van der Waals surface area contributed by atoms with E-state index >= 15 is 0 Å². The summed E-state index contributed by atoms with van der Waals surface area (Å²) in [5.41, 5.74) is 20.0. The summed E-state index contributed by atoms with van der Waals surface area (Å²) in [6, 6.07) is 10.5. The van der Waals surface area contributed by atoms with Crippen LogP contribution in [0.5, 0.6) is 0 Å². The van der Waals surface area contributed by atoms with Crippen molar-refractivity contribution >= 4 is 46.5 Å². The quantitative estimate of drug-likeness (QED) is 0.0261. The maximum Gasteiger partial charge on any atom is 0.204 e. The van der Waals surface area contributed by atoms with E-state index in [0.29, 0.717) is 49.3 Å². The van der Waals surface area contributed by atoms with Crippen LogP contribution in [0.1, 0.15) is 252 Å². The number of nitrogens with two attached hydrogens (primary N) is 1. The Hall–Kier alpha value is -8.68. The van der Waals surface area contributed by atoms with Gasteiger partial charge in [-0.25, -0.2) is 4.39 Å². The highest BCUT2D eigenvalue weighted by atomic mass is 32.2. The Labute approximate surface area is 796 Å². The second-order valence-corrected chi connectivity index (χ2v) is 36.7. The summed E-state index contributed by atoms with van der Waals surface area (Å²) in [4.78, 5) is 74.1. The summed E-state index contributed by atoms with van der Waals surface area (Å²) in [5, 5.41) is 53.0. The number of benzene rings is 1. The number of ketones is 6. The molecule has 0 amide bonds. The van der Waals surface area contributed by atoms with E-state index in [4.69, 9.17) is 48.4 Å². The number of hydrogen-bond donors (Lipinski definition) is 6. The molecule has 15 unspecified atom stereocenters. The zero-order valence-corrected chi connectivity index (χ0v) is 86.0. The number of thioether (sulfide) groups is 1. The number of aliphatic hydroxyl groups is 5. The predicted octanol–water partition coefficient (Wildman–Crippen LogP) is 21.8. The van der Waals surface area contributed by atoms with Crippen molar-refractivity contribution < 1.29 is 101 Å². The first-order valence-electron chi connectivity index (χ1n) is 46.9. The van der Waals surface area contributed by atoms with Crippen molar-refractivity contribution in [1.82, 2.24) is 0 Å². The highest BCUT2D eigenvalue weighted by molar-refractivity contribution is 8.03. The van der Waals surface area contributed by atoms with Crippen LogP contribution in [0, 0.1) is 59.2 Å². The van der Waals surface area contributed by atoms with Crippen molar-refractivity contribution in [3.8, 4) is 0 Å². The van der Waals surface area contributed by atoms with Gasteiger partial charge in [-0.15, -0.1) is 11.8 Å². The van der Waals surface area contributed by atoms with Gasteiger partial charge in [0.1, 0.15) is 43.0 Å². The average Bonchev–Trinajstić information content (AvgIpc) is 0.811. The second-order valence-electron chi connectivity index (χ2n) is 35.9. The molecule has 0 aromatic heterocycles. The van der Waals surface area contributed by atoms with Crippen molar-refractivity contribution in [3.63, 3.8) is 0 Å². The third-order valence-electron chi connectivity index (χ3n) is 25.9. The van der Waals surface area contributed by atoms with E-state index in [1.165, 1.54) is 131 Å². The van der Waals surface area contributed by atoms with Crippen LogP contribution in [0.15, 0.2) is 215 Å². The lowest BCUT2D eigenvalue weighted by Gasteiger charge is -2.34. The van der Waals surface area contributed by atoms with Gasteiger partial charge < -0.3 is 73.9 Å². The van der Waals surface area contributed by atoms with E-state index in [2.05, 4.69) is 141 Å². The number of carbonyl (C=O) groups is 6. The lowest BCUT2D eigenvalue weighted by molar-refractivity contribution is -0.128. The van der Waals surface area contributed by atoms with Crippen molar-refractivity contribution in [3.05, 3.63) is 221 Å². The van der Waals surface area contributed by atoms with Gasteiger partial charge in [0.25, 0.3) is 0 Å². The number of rotatable bonds is 45. The van der Waals surface area contributed by atoms with E-state index in [1.54, 1.807) is 6.92 Å². The Morgan fingerprint density at radius 2 is 0.598 bits per heavy atom. The Kier molecular flexibility index (Phi) is 57.5. The summed E-state index contributed by atoms with van der Waals surface area (Å²) in [7, 11) is 13.0. The van der Waals surface area contributed by atoms with Gasteiger partial charge >= 0.3 is 0 Å². The molecule has 0 fully saturated rings. The molecule has 1 aromatic rings. The highest BCUT2D eigenvalue weighted by Gasteiger charge is 2.47. The number of Topliss-reactive ketones (excluding diaryl/α,β-unsaturated/α-hetero) is 6.